The second-order valence-corrected chi connectivity index (χ2v) is 15.2. The number of benzene rings is 4. The first kappa shape index (κ1) is 48.0. The van der Waals surface area contributed by atoms with E-state index in [9.17, 15) is 40.7 Å². The van der Waals surface area contributed by atoms with Gasteiger partial charge in [-0.15, -0.1) is 0 Å². The number of carboxylic acids is 1. The average Bonchev–Trinajstić information content (AvgIpc) is 4.03. The number of nitrogens with zero attached hydrogens (tertiary/aromatic N) is 3. The third-order valence-electron chi connectivity index (χ3n) is 9.73. The van der Waals surface area contributed by atoms with E-state index in [4.69, 9.17) is 58.7 Å². The highest BCUT2D eigenvalue weighted by Crippen LogP contribution is 2.39. The first-order valence-electron chi connectivity index (χ1n) is 19.3. The Morgan fingerprint density at radius 2 is 1.07 bits per heavy atom. The van der Waals surface area contributed by atoms with Crippen molar-refractivity contribution < 1.29 is 64.8 Å². The van der Waals surface area contributed by atoms with Crippen molar-refractivity contribution in [3.05, 3.63) is 134 Å². The van der Waals surface area contributed by atoms with E-state index in [0.29, 0.717) is 73.6 Å². The van der Waals surface area contributed by atoms with Crippen molar-refractivity contribution in [3.63, 3.8) is 0 Å². The van der Waals surface area contributed by atoms with Crippen LogP contribution in [-0.4, -0.2) is 56.4 Å². The fourth-order valence-corrected chi connectivity index (χ4v) is 6.77. The normalized spacial score (nSPS) is 12.4. The summed E-state index contributed by atoms with van der Waals surface area (Å²) in [4.78, 5) is 50.4. The molecular formula is C44H32Cl2F6N8O8. The summed E-state index contributed by atoms with van der Waals surface area (Å²) in [5, 5.41) is 14.4. The number of fused-ring (bicyclic) bond motifs is 3. The maximum atomic E-state index is 12.8. The van der Waals surface area contributed by atoms with Crippen LogP contribution in [0.5, 0.6) is 23.0 Å². The number of carboxylic acid groups (broad SMARTS) is 1. The number of nitrogens with two attached hydrogens (primary N) is 2. The summed E-state index contributed by atoms with van der Waals surface area (Å²) in [6, 6.07) is 19.0. The number of alkyl halides is 6. The zero-order valence-corrected chi connectivity index (χ0v) is 36.3. The molecule has 9 rings (SSSR count). The standard InChI is InChI=1S/C22H14ClF3N4O3.C15H10ClF3N2O3.C7H8N2O2/c1-10-12(3-5-19(27-10)22(24,25)26)21(31)28-11-2-4-14(23)13(6-11)20-29-15-7-17-18(33-9-32-17)8-16(15)30-20;1-7-9(3-5-12(20-7)15(17,18)19)13(22)21-8-2-4-11(16)10(6-8)14(23)24;8-4-1-6-7(2-5(4)9)11-3-10-6/h2-8H,9H2,1H3,(H,28,31)(H,29,30);2-6H,1H3,(H,21,22)(H,23,24);1-2H,3,8-9H2. The Morgan fingerprint density at radius 1 is 0.618 bits per heavy atom. The largest absolute Gasteiger partial charge is 0.478 e. The lowest BCUT2D eigenvalue weighted by Crippen LogP contribution is -2.17. The minimum absolute atomic E-state index is 0.00660. The van der Waals surface area contributed by atoms with Gasteiger partial charge in [0.2, 0.25) is 13.6 Å². The Kier molecular flexibility index (Phi) is 13.5. The van der Waals surface area contributed by atoms with Gasteiger partial charge in [0.15, 0.2) is 23.0 Å². The summed E-state index contributed by atoms with van der Waals surface area (Å²) < 4.78 is 97.1. The Labute approximate surface area is 389 Å². The molecule has 24 heteroatoms. The van der Waals surface area contributed by atoms with Gasteiger partial charge in [0, 0.05) is 41.2 Å². The lowest BCUT2D eigenvalue weighted by atomic mass is 10.1. The molecule has 0 bridgehead atoms. The van der Waals surface area contributed by atoms with Crippen LogP contribution in [0.4, 0.5) is 49.1 Å². The predicted octanol–water partition coefficient (Wildman–Crippen LogP) is 10.2. The highest BCUT2D eigenvalue weighted by atomic mass is 35.5. The number of nitrogen functional groups attached to an aromatic ring is 2. The van der Waals surface area contributed by atoms with Gasteiger partial charge in [0.1, 0.15) is 17.2 Å². The van der Waals surface area contributed by atoms with Gasteiger partial charge in [-0.05, 0) is 74.5 Å². The zero-order valence-electron chi connectivity index (χ0n) is 34.8. The minimum Gasteiger partial charge on any atom is -0.478 e. The van der Waals surface area contributed by atoms with Crippen molar-refractivity contribution in [2.75, 3.05) is 35.7 Å². The number of aromatic carboxylic acids is 1. The van der Waals surface area contributed by atoms with E-state index in [-0.39, 0.29) is 52.4 Å². The molecule has 0 atom stereocenters. The molecule has 0 fully saturated rings. The van der Waals surface area contributed by atoms with E-state index in [1.807, 2.05) is 0 Å². The van der Waals surface area contributed by atoms with E-state index in [1.54, 1.807) is 42.5 Å². The quantitative estimate of drug-likeness (QED) is 0.0672. The number of amides is 2. The van der Waals surface area contributed by atoms with Gasteiger partial charge in [0.05, 0.1) is 60.5 Å². The molecule has 5 heterocycles. The molecule has 2 aliphatic rings. The van der Waals surface area contributed by atoms with Crippen LogP contribution in [0.25, 0.3) is 22.4 Å². The molecule has 0 aliphatic carbocycles. The van der Waals surface area contributed by atoms with Crippen LogP contribution in [-0.2, 0) is 12.4 Å². The maximum absolute atomic E-state index is 12.8. The zero-order chi connectivity index (χ0) is 49.2. The number of aromatic nitrogens is 4. The van der Waals surface area contributed by atoms with Gasteiger partial charge in [0.25, 0.3) is 11.8 Å². The van der Waals surface area contributed by atoms with E-state index in [2.05, 4.69) is 30.6 Å². The van der Waals surface area contributed by atoms with Crippen molar-refractivity contribution in [1.29, 1.82) is 0 Å². The first-order chi connectivity index (χ1) is 32.0. The molecule has 2 amide bonds. The number of aromatic amines is 1. The number of pyridine rings is 2. The van der Waals surface area contributed by atoms with Crippen LogP contribution in [0.2, 0.25) is 10.0 Å². The topological polar surface area (TPSA) is 239 Å². The summed E-state index contributed by atoms with van der Waals surface area (Å²) in [7, 11) is 0. The van der Waals surface area contributed by atoms with Crippen LogP contribution in [0.3, 0.4) is 0 Å². The number of hydrogen-bond acceptors (Lipinski definition) is 12. The third kappa shape index (κ3) is 10.8. The number of H-pyrrole nitrogens is 1. The highest BCUT2D eigenvalue weighted by molar-refractivity contribution is 6.34. The van der Waals surface area contributed by atoms with Crippen LogP contribution in [0.1, 0.15) is 53.8 Å². The number of rotatable bonds is 6. The Balaban J connectivity index is 0.000000170. The average molecular weight is 986 g/mol. The number of ether oxygens (including phenoxy) is 4. The Bertz CT molecular complexity index is 3060. The molecule has 4 aromatic carbocycles. The molecule has 7 aromatic rings. The summed E-state index contributed by atoms with van der Waals surface area (Å²) in [6.07, 6.45) is -9.19. The van der Waals surface area contributed by atoms with E-state index in [0.717, 1.165) is 24.3 Å². The van der Waals surface area contributed by atoms with E-state index in [1.165, 1.54) is 26.0 Å². The van der Waals surface area contributed by atoms with E-state index >= 15 is 0 Å². The van der Waals surface area contributed by atoms with Crippen molar-refractivity contribution in [1.82, 2.24) is 19.9 Å². The molecule has 68 heavy (non-hydrogen) atoms. The van der Waals surface area contributed by atoms with Crippen LogP contribution in [0, 0.1) is 13.8 Å². The van der Waals surface area contributed by atoms with Crippen molar-refractivity contribution >= 4 is 74.8 Å². The van der Waals surface area contributed by atoms with E-state index < -0.39 is 41.5 Å². The van der Waals surface area contributed by atoms with Crippen LogP contribution < -0.4 is 41.0 Å². The number of carbonyl (C=O) groups excluding carboxylic acids is 2. The van der Waals surface area contributed by atoms with Gasteiger partial charge < -0.3 is 51.1 Å². The van der Waals surface area contributed by atoms with Crippen molar-refractivity contribution in [2.45, 2.75) is 26.2 Å². The molecule has 0 radical (unpaired) electrons. The second kappa shape index (κ2) is 19.1. The lowest BCUT2D eigenvalue weighted by Gasteiger charge is -2.11. The molecule has 0 saturated carbocycles. The Hall–Kier alpha value is -7.98. The van der Waals surface area contributed by atoms with Crippen molar-refractivity contribution in [2.24, 2.45) is 0 Å². The van der Waals surface area contributed by atoms with Crippen LogP contribution in [0.15, 0.2) is 84.9 Å². The summed E-state index contributed by atoms with van der Waals surface area (Å²) in [6.45, 7) is 3.01. The maximum Gasteiger partial charge on any atom is 0.433 e. The molecule has 0 spiro atoms. The Morgan fingerprint density at radius 3 is 1.54 bits per heavy atom. The molecule has 0 unspecified atom stereocenters. The van der Waals surface area contributed by atoms with Gasteiger partial charge in [-0.3, -0.25) is 9.59 Å². The fraction of sp³-hybridized carbons (Fsp3) is 0.136. The van der Waals surface area contributed by atoms with Gasteiger partial charge >= 0.3 is 18.3 Å². The number of hydrogen-bond donors (Lipinski definition) is 6. The molecule has 0 saturated heterocycles. The molecule has 8 N–H and O–H groups in total. The van der Waals surface area contributed by atoms with Gasteiger partial charge in [-0.1, -0.05) is 23.2 Å². The monoisotopic (exact) mass is 984 g/mol. The number of halogens is 8. The SMILES string of the molecule is Cc1nc(C(F)(F)F)ccc1C(=O)Nc1ccc(Cl)c(-c2nc3cc4c(cc3[nH]2)OCO4)c1.Cc1nc(C(F)(F)F)ccc1C(=O)Nc1ccc(Cl)c(C(=O)O)c1.Nc1cc2c(cc1N)OCO2. The highest BCUT2D eigenvalue weighted by Gasteiger charge is 2.34. The first-order valence-corrected chi connectivity index (χ1v) is 20.1. The number of carbonyl (C=O) groups is 3. The number of anilines is 4. The summed E-state index contributed by atoms with van der Waals surface area (Å²) in [5.74, 6) is 0.391. The fourth-order valence-electron chi connectivity index (χ4n) is 6.37. The third-order valence-corrected chi connectivity index (χ3v) is 10.4. The van der Waals surface area contributed by atoms with Crippen molar-refractivity contribution in [3.8, 4) is 34.4 Å². The summed E-state index contributed by atoms with van der Waals surface area (Å²) >= 11 is 12.1. The second-order valence-electron chi connectivity index (χ2n) is 14.4. The molecule has 2 aliphatic heterocycles. The lowest BCUT2D eigenvalue weighted by molar-refractivity contribution is -0.142. The number of aryl methyl sites for hydroxylation is 2. The molecule has 16 nitrogen and oxygen atoms in total. The predicted molar refractivity (Wildman–Crippen MR) is 236 cm³/mol. The smallest absolute Gasteiger partial charge is 0.433 e. The summed E-state index contributed by atoms with van der Waals surface area (Å²) in [5.41, 5.74) is 12.0. The molecule has 3 aromatic heterocycles. The number of imidazole rings is 1. The van der Waals surface area contributed by atoms with Gasteiger partial charge in [-0.2, -0.15) is 26.3 Å². The van der Waals surface area contributed by atoms with Crippen LogP contribution >= 0.6 is 23.2 Å². The van der Waals surface area contributed by atoms with Gasteiger partial charge in [-0.25, -0.2) is 19.7 Å². The molecular weight excluding hydrogens is 953 g/mol. The molecule has 352 valence electrons. The minimum atomic E-state index is -4.60. The number of nitrogens with one attached hydrogen (secondary N) is 3.